The van der Waals surface area contributed by atoms with Crippen LogP contribution in [-0.4, -0.2) is 0 Å². The smallest absolute Gasteiger partial charge is 0.137 e. The highest BCUT2D eigenvalue weighted by Gasteiger charge is 2.21. The first-order valence-corrected chi connectivity index (χ1v) is 16.6. The Morgan fingerprint density at radius 3 is 1.84 bits per heavy atom. The molecular weight excluding hydrogens is 599 g/mol. The van der Waals surface area contributed by atoms with Crippen molar-refractivity contribution in [2.45, 2.75) is 0 Å². The molecule has 0 saturated heterocycles. The third-order valence-corrected chi connectivity index (χ3v) is 9.64. The molecular formula is C46H29NO2. The molecule has 230 valence electrons. The van der Waals surface area contributed by atoms with Gasteiger partial charge in [0, 0.05) is 33.6 Å². The average Bonchev–Trinajstić information content (AvgIpc) is 3.73. The van der Waals surface area contributed by atoms with Gasteiger partial charge in [-0.15, -0.1) is 0 Å². The van der Waals surface area contributed by atoms with E-state index in [-0.39, 0.29) is 0 Å². The van der Waals surface area contributed by atoms with Crippen molar-refractivity contribution in [1.29, 1.82) is 0 Å². The van der Waals surface area contributed by atoms with E-state index in [9.17, 15) is 0 Å². The summed E-state index contributed by atoms with van der Waals surface area (Å²) in [6.07, 6.45) is 0. The average molecular weight is 628 g/mol. The summed E-state index contributed by atoms with van der Waals surface area (Å²) in [5.74, 6) is 0. The first kappa shape index (κ1) is 27.5. The Labute approximate surface area is 282 Å². The molecule has 0 saturated carbocycles. The van der Waals surface area contributed by atoms with E-state index in [4.69, 9.17) is 8.83 Å². The molecule has 0 N–H and O–H groups in total. The van der Waals surface area contributed by atoms with Gasteiger partial charge in [-0.2, -0.15) is 0 Å². The van der Waals surface area contributed by atoms with E-state index in [1.807, 2.05) is 24.3 Å². The molecule has 0 radical (unpaired) electrons. The van der Waals surface area contributed by atoms with Crippen molar-refractivity contribution >= 4 is 71.7 Å². The van der Waals surface area contributed by atoms with Crippen molar-refractivity contribution in [3.05, 3.63) is 176 Å². The number of hydrogen-bond donors (Lipinski definition) is 0. The minimum Gasteiger partial charge on any atom is -0.456 e. The SMILES string of the molecule is c1cc(-c2cccc(N(c3ccc4c(c3)oc3ccccc34)c3cccc4oc5ccccc5c34)c2)cc(-c2cccc3ccccc23)c1. The number of hydrogen-bond acceptors (Lipinski definition) is 3. The van der Waals surface area contributed by atoms with Crippen LogP contribution < -0.4 is 4.90 Å². The molecule has 0 amide bonds. The van der Waals surface area contributed by atoms with Crippen LogP contribution >= 0.6 is 0 Å². The fourth-order valence-corrected chi connectivity index (χ4v) is 7.39. The largest absolute Gasteiger partial charge is 0.456 e. The standard InChI is InChI=1S/C46H29NO2/c1-2-17-36-30(11-1)12-9-20-37(36)33-15-7-13-31(27-33)32-14-8-16-34(28-32)47(35-25-26-39-38-18-3-5-22-42(38)49-45(39)29-35)41-21-10-24-44-46(41)40-19-4-6-23-43(40)48-44/h1-29H. The molecule has 3 nitrogen and oxygen atoms in total. The summed E-state index contributed by atoms with van der Waals surface area (Å²) >= 11 is 0. The number of para-hydroxylation sites is 2. The van der Waals surface area contributed by atoms with Gasteiger partial charge in [-0.1, -0.05) is 115 Å². The van der Waals surface area contributed by atoms with Gasteiger partial charge >= 0.3 is 0 Å². The van der Waals surface area contributed by atoms with E-state index in [2.05, 4.69) is 157 Å². The molecule has 49 heavy (non-hydrogen) atoms. The van der Waals surface area contributed by atoms with Crippen LogP contribution in [0.4, 0.5) is 17.1 Å². The second-order valence-electron chi connectivity index (χ2n) is 12.5. The van der Waals surface area contributed by atoms with Crippen molar-refractivity contribution in [2.24, 2.45) is 0 Å². The maximum absolute atomic E-state index is 6.39. The van der Waals surface area contributed by atoms with Crippen molar-refractivity contribution in [2.75, 3.05) is 4.90 Å². The Hall–Kier alpha value is -6.58. The van der Waals surface area contributed by atoms with E-state index in [1.165, 1.54) is 21.9 Å². The molecule has 0 unspecified atom stereocenters. The minimum atomic E-state index is 0.854. The lowest BCUT2D eigenvalue weighted by Crippen LogP contribution is -2.10. The maximum atomic E-state index is 6.39. The van der Waals surface area contributed by atoms with Crippen molar-refractivity contribution in [3.8, 4) is 22.3 Å². The van der Waals surface area contributed by atoms with Crippen molar-refractivity contribution in [3.63, 3.8) is 0 Å². The van der Waals surface area contributed by atoms with Crippen molar-refractivity contribution < 1.29 is 8.83 Å². The van der Waals surface area contributed by atoms with Crippen LogP contribution in [0.2, 0.25) is 0 Å². The molecule has 2 heterocycles. The summed E-state index contributed by atoms with van der Waals surface area (Å²) < 4.78 is 12.8. The Bertz CT molecular complexity index is 2850. The second-order valence-corrected chi connectivity index (χ2v) is 12.5. The highest BCUT2D eigenvalue weighted by molar-refractivity contribution is 6.14. The zero-order valence-electron chi connectivity index (χ0n) is 26.5. The lowest BCUT2D eigenvalue weighted by Gasteiger charge is -2.26. The zero-order chi connectivity index (χ0) is 32.3. The second kappa shape index (κ2) is 11.0. The third-order valence-electron chi connectivity index (χ3n) is 9.64. The molecule has 0 fully saturated rings. The van der Waals surface area contributed by atoms with Crippen LogP contribution in [0.1, 0.15) is 0 Å². The Balaban J connectivity index is 1.17. The molecule has 0 aliphatic heterocycles. The number of anilines is 3. The van der Waals surface area contributed by atoms with Crippen LogP contribution in [0.5, 0.6) is 0 Å². The van der Waals surface area contributed by atoms with E-state index in [0.29, 0.717) is 0 Å². The van der Waals surface area contributed by atoms with E-state index in [0.717, 1.165) is 72.1 Å². The van der Waals surface area contributed by atoms with Crippen LogP contribution in [0.3, 0.4) is 0 Å². The van der Waals surface area contributed by atoms with E-state index in [1.54, 1.807) is 0 Å². The summed E-state index contributed by atoms with van der Waals surface area (Å²) in [6.45, 7) is 0. The fraction of sp³-hybridized carbons (Fsp3) is 0. The van der Waals surface area contributed by atoms with Gasteiger partial charge < -0.3 is 13.7 Å². The molecule has 0 aliphatic rings. The topological polar surface area (TPSA) is 29.5 Å². The first-order valence-electron chi connectivity index (χ1n) is 16.6. The lowest BCUT2D eigenvalue weighted by molar-refractivity contribution is 0.669. The van der Waals surface area contributed by atoms with Gasteiger partial charge in [0.25, 0.3) is 0 Å². The first-order chi connectivity index (χ1) is 24.3. The van der Waals surface area contributed by atoms with Gasteiger partial charge in [0.15, 0.2) is 0 Å². The molecule has 10 aromatic rings. The summed E-state index contributed by atoms with van der Waals surface area (Å²) in [4.78, 5) is 2.33. The quantitative estimate of drug-likeness (QED) is 0.190. The number of benzene rings is 8. The summed E-state index contributed by atoms with van der Waals surface area (Å²) in [6, 6.07) is 62.1. The highest BCUT2D eigenvalue weighted by atomic mass is 16.3. The minimum absolute atomic E-state index is 0.854. The molecule has 0 aliphatic carbocycles. The highest BCUT2D eigenvalue weighted by Crippen LogP contribution is 2.45. The van der Waals surface area contributed by atoms with Crippen molar-refractivity contribution in [1.82, 2.24) is 0 Å². The Kier molecular flexibility index (Phi) is 6.18. The van der Waals surface area contributed by atoms with Gasteiger partial charge in [-0.3, -0.25) is 0 Å². The van der Waals surface area contributed by atoms with E-state index < -0.39 is 0 Å². The predicted molar refractivity (Wildman–Crippen MR) is 204 cm³/mol. The monoisotopic (exact) mass is 627 g/mol. The molecule has 3 heteroatoms. The van der Waals surface area contributed by atoms with Gasteiger partial charge in [0.05, 0.1) is 11.1 Å². The Morgan fingerprint density at radius 1 is 0.347 bits per heavy atom. The molecule has 0 spiro atoms. The third kappa shape index (κ3) is 4.51. The van der Waals surface area contributed by atoms with Crippen LogP contribution in [0.15, 0.2) is 185 Å². The van der Waals surface area contributed by atoms with Crippen LogP contribution in [0.25, 0.3) is 76.9 Å². The van der Waals surface area contributed by atoms with Gasteiger partial charge in [-0.25, -0.2) is 0 Å². The zero-order valence-corrected chi connectivity index (χ0v) is 26.5. The number of furan rings is 2. The summed E-state index contributed by atoms with van der Waals surface area (Å²) in [7, 11) is 0. The number of fused-ring (bicyclic) bond motifs is 7. The number of nitrogens with zero attached hydrogens (tertiary/aromatic N) is 1. The molecule has 8 aromatic carbocycles. The number of rotatable bonds is 5. The molecule has 10 rings (SSSR count). The van der Waals surface area contributed by atoms with Crippen LogP contribution in [-0.2, 0) is 0 Å². The summed E-state index contributed by atoms with van der Waals surface area (Å²) in [5.41, 5.74) is 11.3. The van der Waals surface area contributed by atoms with Gasteiger partial charge in [0.2, 0.25) is 0 Å². The maximum Gasteiger partial charge on any atom is 0.137 e. The predicted octanol–water partition coefficient (Wildman–Crippen LogP) is 13.4. The molecule has 2 aromatic heterocycles. The normalized spacial score (nSPS) is 11.7. The van der Waals surface area contributed by atoms with E-state index >= 15 is 0 Å². The lowest BCUT2D eigenvalue weighted by atomic mass is 9.95. The van der Waals surface area contributed by atoms with Gasteiger partial charge in [0.1, 0.15) is 22.3 Å². The Morgan fingerprint density at radius 2 is 0.939 bits per heavy atom. The van der Waals surface area contributed by atoms with Crippen LogP contribution in [0, 0.1) is 0 Å². The molecule has 0 atom stereocenters. The van der Waals surface area contributed by atoms with Gasteiger partial charge in [-0.05, 0) is 87.6 Å². The molecule has 0 bridgehead atoms. The fourth-order valence-electron chi connectivity index (χ4n) is 7.39. The summed E-state index contributed by atoms with van der Waals surface area (Å²) in [5, 5.41) is 6.87.